The maximum atomic E-state index is 13.0. The average molecular weight is 355 g/mol. The van der Waals surface area contributed by atoms with Gasteiger partial charge in [0.1, 0.15) is 17.4 Å². The van der Waals surface area contributed by atoms with E-state index >= 15 is 0 Å². The van der Waals surface area contributed by atoms with Crippen LogP contribution in [0.2, 0.25) is 0 Å². The van der Waals surface area contributed by atoms with Crippen LogP contribution in [-0.2, 0) is 9.53 Å². The minimum absolute atomic E-state index is 0.0548. The molecule has 0 spiro atoms. The lowest BCUT2D eigenvalue weighted by molar-refractivity contribution is -0.126. The van der Waals surface area contributed by atoms with E-state index in [0.29, 0.717) is 41.2 Å². The Morgan fingerprint density at radius 2 is 2.04 bits per heavy atom. The Morgan fingerprint density at radius 3 is 2.77 bits per heavy atom. The van der Waals surface area contributed by atoms with Gasteiger partial charge in [0.25, 0.3) is 5.91 Å². The monoisotopic (exact) mass is 355 g/mol. The smallest absolute Gasteiger partial charge is 0.253 e. The van der Waals surface area contributed by atoms with E-state index in [1.807, 2.05) is 0 Å². The number of rotatable bonds is 4. The summed E-state index contributed by atoms with van der Waals surface area (Å²) in [6.07, 6.45) is 0.911. The molecular weight excluding hydrogens is 337 g/mol. The highest BCUT2D eigenvalue weighted by atomic mass is 19.1. The van der Waals surface area contributed by atoms with Crippen LogP contribution < -0.4 is 11.1 Å². The van der Waals surface area contributed by atoms with Crippen LogP contribution >= 0.6 is 0 Å². The van der Waals surface area contributed by atoms with Gasteiger partial charge in [-0.2, -0.15) is 0 Å². The fourth-order valence-electron chi connectivity index (χ4n) is 3.01. The lowest BCUT2D eigenvalue weighted by Crippen LogP contribution is -2.29. The fourth-order valence-corrected chi connectivity index (χ4v) is 3.01. The van der Waals surface area contributed by atoms with E-state index in [-0.39, 0.29) is 17.8 Å². The molecule has 3 aromatic rings. The summed E-state index contributed by atoms with van der Waals surface area (Å²) >= 11 is 0. The molecule has 1 saturated heterocycles. The number of anilines is 1. The highest BCUT2D eigenvalue weighted by molar-refractivity contribution is 5.96. The summed E-state index contributed by atoms with van der Waals surface area (Å²) in [6, 6.07) is 11.1. The Balaban J connectivity index is 1.52. The fraction of sp³-hybridized carbons (Fsp3) is 0.263. The van der Waals surface area contributed by atoms with Crippen molar-refractivity contribution in [3.8, 4) is 11.5 Å². The van der Waals surface area contributed by atoms with Gasteiger partial charge in [-0.1, -0.05) is 0 Å². The summed E-state index contributed by atoms with van der Waals surface area (Å²) in [6.45, 7) is 0.417. The van der Waals surface area contributed by atoms with Gasteiger partial charge in [0.05, 0.1) is 6.10 Å². The third-order valence-electron chi connectivity index (χ3n) is 4.41. The molecule has 1 aliphatic heterocycles. The number of amides is 1. The number of oxazole rings is 1. The first-order chi connectivity index (χ1) is 12.6. The second-order valence-electron chi connectivity index (χ2n) is 6.26. The van der Waals surface area contributed by atoms with E-state index in [4.69, 9.17) is 14.9 Å². The van der Waals surface area contributed by atoms with Gasteiger partial charge in [-0.25, -0.2) is 9.37 Å². The number of carbonyl (C=O) groups excluding carboxylic acids is 1. The average Bonchev–Trinajstić information content (AvgIpc) is 3.29. The Hall–Kier alpha value is -2.77. The Kier molecular flexibility index (Phi) is 4.40. The number of nitrogens with zero attached hydrogens (tertiary/aromatic N) is 1. The first kappa shape index (κ1) is 16.7. The summed E-state index contributed by atoms with van der Waals surface area (Å²) in [5, 5.41) is 2.84. The largest absolute Gasteiger partial charge is 0.436 e. The van der Waals surface area contributed by atoms with Gasteiger partial charge < -0.3 is 20.2 Å². The van der Waals surface area contributed by atoms with Crippen molar-refractivity contribution in [1.82, 2.24) is 4.98 Å². The standard InChI is InChI=1S/C19H18FN3O3/c20-12-3-1-11(2-4-12)19-23-15-7-5-13(9-17(15)26-19)22-18(24)16-8-6-14(10-21)25-16/h1-5,7,9,14,16H,6,8,10,21H2,(H,22,24)/t14-,16+/m1/s1. The Labute approximate surface area is 149 Å². The summed E-state index contributed by atoms with van der Waals surface area (Å²) in [5.74, 6) is -0.118. The van der Waals surface area contributed by atoms with Crippen LogP contribution in [-0.4, -0.2) is 29.6 Å². The van der Waals surface area contributed by atoms with Crippen LogP contribution in [0.25, 0.3) is 22.6 Å². The lowest BCUT2D eigenvalue weighted by atomic mass is 10.2. The number of aromatic nitrogens is 1. The highest BCUT2D eigenvalue weighted by Crippen LogP contribution is 2.27. The van der Waals surface area contributed by atoms with Crippen LogP contribution in [0.1, 0.15) is 12.8 Å². The molecule has 0 radical (unpaired) electrons. The number of carbonyl (C=O) groups is 1. The van der Waals surface area contributed by atoms with E-state index in [9.17, 15) is 9.18 Å². The van der Waals surface area contributed by atoms with Gasteiger partial charge in [-0.3, -0.25) is 4.79 Å². The third kappa shape index (κ3) is 3.31. The van der Waals surface area contributed by atoms with Crippen molar-refractivity contribution in [3.05, 3.63) is 48.3 Å². The molecule has 6 nitrogen and oxygen atoms in total. The first-order valence-corrected chi connectivity index (χ1v) is 8.45. The minimum atomic E-state index is -0.483. The van der Waals surface area contributed by atoms with Gasteiger partial charge in [0, 0.05) is 23.9 Å². The molecule has 0 aliphatic carbocycles. The van der Waals surface area contributed by atoms with E-state index in [2.05, 4.69) is 10.3 Å². The number of hydrogen-bond acceptors (Lipinski definition) is 5. The number of halogens is 1. The molecular formula is C19H18FN3O3. The molecule has 3 N–H and O–H groups in total. The maximum absolute atomic E-state index is 13.0. The maximum Gasteiger partial charge on any atom is 0.253 e. The van der Waals surface area contributed by atoms with Crippen molar-refractivity contribution in [2.75, 3.05) is 11.9 Å². The van der Waals surface area contributed by atoms with Crippen LogP contribution in [0.3, 0.4) is 0 Å². The van der Waals surface area contributed by atoms with E-state index in [0.717, 1.165) is 6.42 Å². The number of fused-ring (bicyclic) bond motifs is 1. The Morgan fingerprint density at radius 1 is 1.23 bits per heavy atom. The molecule has 1 fully saturated rings. The number of benzene rings is 2. The molecule has 1 amide bonds. The molecule has 7 heteroatoms. The molecule has 1 aromatic heterocycles. The minimum Gasteiger partial charge on any atom is -0.436 e. The third-order valence-corrected chi connectivity index (χ3v) is 4.41. The van der Waals surface area contributed by atoms with Crippen molar-refractivity contribution < 1.29 is 18.3 Å². The van der Waals surface area contributed by atoms with E-state index < -0.39 is 6.10 Å². The Bertz CT molecular complexity index is 939. The van der Waals surface area contributed by atoms with Gasteiger partial charge in [-0.15, -0.1) is 0 Å². The molecule has 2 heterocycles. The van der Waals surface area contributed by atoms with Gasteiger partial charge in [0.2, 0.25) is 5.89 Å². The highest BCUT2D eigenvalue weighted by Gasteiger charge is 2.29. The molecule has 26 heavy (non-hydrogen) atoms. The molecule has 1 aliphatic rings. The van der Waals surface area contributed by atoms with Gasteiger partial charge in [0.15, 0.2) is 5.58 Å². The summed E-state index contributed by atoms with van der Waals surface area (Å²) in [7, 11) is 0. The number of hydrogen-bond donors (Lipinski definition) is 2. The molecule has 0 unspecified atom stereocenters. The second-order valence-corrected chi connectivity index (χ2v) is 6.26. The lowest BCUT2D eigenvalue weighted by Gasteiger charge is -2.12. The van der Waals surface area contributed by atoms with Crippen molar-refractivity contribution in [3.63, 3.8) is 0 Å². The van der Waals surface area contributed by atoms with Crippen LogP contribution in [0.15, 0.2) is 46.9 Å². The van der Waals surface area contributed by atoms with Gasteiger partial charge in [-0.05, 0) is 49.2 Å². The second kappa shape index (κ2) is 6.86. The topological polar surface area (TPSA) is 90.4 Å². The molecule has 4 rings (SSSR count). The quantitative estimate of drug-likeness (QED) is 0.751. The van der Waals surface area contributed by atoms with Gasteiger partial charge >= 0.3 is 0 Å². The molecule has 0 bridgehead atoms. The van der Waals surface area contributed by atoms with Crippen molar-refractivity contribution >= 4 is 22.7 Å². The van der Waals surface area contributed by atoms with Crippen molar-refractivity contribution in [2.45, 2.75) is 25.0 Å². The number of nitrogens with two attached hydrogens (primary N) is 1. The normalized spacial score (nSPS) is 19.8. The predicted molar refractivity (Wildman–Crippen MR) is 95.0 cm³/mol. The molecule has 134 valence electrons. The molecule has 0 saturated carbocycles. The number of nitrogens with one attached hydrogen (secondary N) is 1. The zero-order valence-corrected chi connectivity index (χ0v) is 13.9. The summed E-state index contributed by atoms with van der Waals surface area (Å²) in [5.41, 5.74) is 8.05. The van der Waals surface area contributed by atoms with Crippen LogP contribution in [0.4, 0.5) is 10.1 Å². The zero-order valence-electron chi connectivity index (χ0n) is 13.9. The van der Waals surface area contributed by atoms with Crippen LogP contribution in [0, 0.1) is 5.82 Å². The predicted octanol–water partition coefficient (Wildman–Crippen LogP) is 3.08. The molecule has 2 aromatic carbocycles. The first-order valence-electron chi connectivity index (χ1n) is 8.45. The van der Waals surface area contributed by atoms with Crippen molar-refractivity contribution in [2.24, 2.45) is 5.73 Å². The van der Waals surface area contributed by atoms with Crippen LogP contribution in [0.5, 0.6) is 0 Å². The van der Waals surface area contributed by atoms with E-state index in [1.165, 1.54) is 12.1 Å². The van der Waals surface area contributed by atoms with E-state index in [1.54, 1.807) is 30.3 Å². The SMILES string of the molecule is NC[C@H]1CC[C@@H](C(=O)Nc2ccc3nc(-c4ccc(F)cc4)oc3c2)O1. The van der Waals surface area contributed by atoms with Crippen molar-refractivity contribution in [1.29, 1.82) is 0 Å². The summed E-state index contributed by atoms with van der Waals surface area (Å²) in [4.78, 5) is 16.7. The zero-order chi connectivity index (χ0) is 18.1. The summed E-state index contributed by atoms with van der Waals surface area (Å²) < 4.78 is 24.4. The molecule has 2 atom stereocenters. The number of ether oxygens (including phenoxy) is 1.